The van der Waals surface area contributed by atoms with Crippen molar-refractivity contribution in [3.05, 3.63) is 52.5 Å². The fourth-order valence-electron chi connectivity index (χ4n) is 3.66. The van der Waals surface area contributed by atoms with Crippen molar-refractivity contribution >= 4 is 23.2 Å². The highest BCUT2D eigenvalue weighted by Crippen LogP contribution is 2.35. The van der Waals surface area contributed by atoms with Gasteiger partial charge in [0.2, 0.25) is 5.91 Å². The summed E-state index contributed by atoms with van der Waals surface area (Å²) in [5.41, 5.74) is 5.39. The van der Waals surface area contributed by atoms with Gasteiger partial charge in [-0.1, -0.05) is 29.8 Å². The van der Waals surface area contributed by atoms with E-state index in [-0.39, 0.29) is 5.91 Å². The predicted molar refractivity (Wildman–Crippen MR) is 102 cm³/mol. The van der Waals surface area contributed by atoms with E-state index in [1.54, 1.807) is 0 Å². The van der Waals surface area contributed by atoms with E-state index in [9.17, 15) is 4.79 Å². The molecule has 2 aliphatic rings. The van der Waals surface area contributed by atoms with Gasteiger partial charge in [0, 0.05) is 49.0 Å². The Hall–Kier alpha value is -1.88. The van der Waals surface area contributed by atoms with Crippen LogP contribution in [0.25, 0.3) is 11.1 Å². The molecule has 25 heavy (non-hydrogen) atoms. The first-order valence-electron chi connectivity index (χ1n) is 8.71. The normalized spacial score (nSPS) is 18.2. The molecule has 0 saturated carbocycles. The Bertz CT molecular complexity index is 813. The minimum absolute atomic E-state index is 0.0592. The summed E-state index contributed by atoms with van der Waals surface area (Å²) in [6.07, 6.45) is 0.446. The number of amides is 1. The van der Waals surface area contributed by atoms with Gasteiger partial charge in [0.15, 0.2) is 0 Å². The van der Waals surface area contributed by atoms with Crippen LogP contribution in [0.3, 0.4) is 0 Å². The molecule has 5 heteroatoms. The molecule has 1 saturated heterocycles. The molecule has 1 fully saturated rings. The summed E-state index contributed by atoms with van der Waals surface area (Å²) in [5.74, 6) is 0.0592. The lowest BCUT2D eigenvalue weighted by molar-refractivity contribution is -0.115. The molecule has 0 spiro atoms. The molecular weight excluding hydrogens is 334 g/mol. The first-order chi connectivity index (χ1) is 12.1. The van der Waals surface area contributed by atoms with Gasteiger partial charge >= 0.3 is 0 Å². The van der Waals surface area contributed by atoms with Crippen molar-refractivity contribution in [2.24, 2.45) is 0 Å². The number of likely N-dealkylation sites (N-methyl/N-ethyl adjacent to an activating group) is 1. The van der Waals surface area contributed by atoms with Gasteiger partial charge in [-0.05, 0) is 41.9 Å². The van der Waals surface area contributed by atoms with Crippen LogP contribution in [0.4, 0.5) is 5.69 Å². The molecule has 2 aromatic carbocycles. The van der Waals surface area contributed by atoms with Crippen LogP contribution in [0.2, 0.25) is 5.02 Å². The number of carbonyl (C=O) groups is 1. The molecule has 0 atom stereocenters. The first kappa shape index (κ1) is 16.6. The summed E-state index contributed by atoms with van der Waals surface area (Å²) in [6.45, 7) is 5.25. The third-order valence-electron chi connectivity index (χ3n) is 5.11. The number of halogens is 1. The SMILES string of the molecule is CN1CCN(Cc2cccc(Cl)c2-c2ccc3c(c2)CC(=O)N3)CC1. The van der Waals surface area contributed by atoms with Gasteiger partial charge in [0.05, 0.1) is 6.42 Å². The summed E-state index contributed by atoms with van der Waals surface area (Å²) >= 11 is 6.58. The predicted octanol–water partition coefficient (Wildman–Crippen LogP) is 3.25. The molecule has 0 bridgehead atoms. The molecular formula is C20H22ClN3O. The van der Waals surface area contributed by atoms with Crippen LogP contribution < -0.4 is 5.32 Å². The third-order valence-corrected chi connectivity index (χ3v) is 5.42. The Morgan fingerprint density at radius 3 is 2.72 bits per heavy atom. The number of hydrogen-bond donors (Lipinski definition) is 1. The van der Waals surface area contributed by atoms with Crippen molar-refractivity contribution in [3.63, 3.8) is 0 Å². The van der Waals surface area contributed by atoms with E-state index in [1.165, 1.54) is 5.56 Å². The van der Waals surface area contributed by atoms with E-state index in [4.69, 9.17) is 11.6 Å². The molecule has 0 radical (unpaired) electrons. The maximum absolute atomic E-state index is 11.6. The Morgan fingerprint density at radius 1 is 1.12 bits per heavy atom. The van der Waals surface area contributed by atoms with Gasteiger partial charge in [0.25, 0.3) is 0 Å². The maximum atomic E-state index is 11.6. The van der Waals surface area contributed by atoms with Crippen LogP contribution in [0.5, 0.6) is 0 Å². The number of piperazine rings is 1. The van der Waals surface area contributed by atoms with Gasteiger partial charge in [0.1, 0.15) is 0 Å². The standard InChI is InChI=1S/C20H22ClN3O/c1-23-7-9-24(10-8-23)13-15-3-2-4-17(21)20(15)14-5-6-18-16(11-14)12-19(25)22-18/h2-6,11H,7-10,12-13H2,1H3,(H,22,25). The Kier molecular flexibility index (Phi) is 4.50. The zero-order valence-corrected chi connectivity index (χ0v) is 15.1. The zero-order chi connectivity index (χ0) is 17.4. The van der Waals surface area contributed by atoms with E-state index >= 15 is 0 Å². The number of benzene rings is 2. The van der Waals surface area contributed by atoms with Gasteiger partial charge in [-0.2, -0.15) is 0 Å². The summed E-state index contributed by atoms with van der Waals surface area (Å²) in [6, 6.07) is 12.3. The van der Waals surface area contributed by atoms with Gasteiger partial charge < -0.3 is 10.2 Å². The molecule has 0 unspecified atom stereocenters. The summed E-state index contributed by atoms with van der Waals surface area (Å²) in [7, 11) is 2.17. The van der Waals surface area contributed by atoms with E-state index in [2.05, 4.69) is 40.4 Å². The lowest BCUT2D eigenvalue weighted by Gasteiger charge is -2.32. The van der Waals surface area contributed by atoms with Gasteiger partial charge in [-0.25, -0.2) is 0 Å². The lowest BCUT2D eigenvalue weighted by Crippen LogP contribution is -2.43. The second-order valence-electron chi connectivity index (χ2n) is 6.95. The lowest BCUT2D eigenvalue weighted by atomic mass is 9.96. The maximum Gasteiger partial charge on any atom is 0.228 e. The highest BCUT2D eigenvalue weighted by atomic mass is 35.5. The number of carbonyl (C=O) groups excluding carboxylic acids is 1. The summed E-state index contributed by atoms with van der Waals surface area (Å²) in [5, 5.41) is 3.66. The number of rotatable bonds is 3. The third kappa shape index (κ3) is 3.43. The minimum atomic E-state index is 0.0592. The summed E-state index contributed by atoms with van der Waals surface area (Å²) < 4.78 is 0. The number of fused-ring (bicyclic) bond motifs is 1. The molecule has 2 aromatic rings. The van der Waals surface area contributed by atoms with Crippen LogP contribution in [-0.4, -0.2) is 48.9 Å². The second kappa shape index (κ2) is 6.79. The van der Waals surface area contributed by atoms with E-state index in [0.717, 1.165) is 60.1 Å². The minimum Gasteiger partial charge on any atom is -0.326 e. The number of nitrogens with one attached hydrogen (secondary N) is 1. The number of nitrogens with zero attached hydrogens (tertiary/aromatic N) is 2. The molecule has 4 rings (SSSR count). The average molecular weight is 356 g/mol. The second-order valence-corrected chi connectivity index (χ2v) is 7.36. The molecule has 1 N–H and O–H groups in total. The van der Waals surface area contributed by atoms with Gasteiger partial charge in [-0.3, -0.25) is 9.69 Å². The zero-order valence-electron chi connectivity index (χ0n) is 14.4. The van der Waals surface area contributed by atoms with Crippen molar-refractivity contribution in [1.82, 2.24) is 9.80 Å². The Morgan fingerprint density at radius 2 is 1.92 bits per heavy atom. The molecule has 0 aromatic heterocycles. The number of hydrogen-bond acceptors (Lipinski definition) is 3. The summed E-state index contributed by atoms with van der Waals surface area (Å²) in [4.78, 5) is 16.5. The van der Waals surface area contributed by atoms with Crippen molar-refractivity contribution in [2.45, 2.75) is 13.0 Å². The van der Waals surface area contributed by atoms with E-state index < -0.39 is 0 Å². The van der Waals surface area contributed by atoms with Crippen molar-refractivity contribution in [1.29, 1.82) is 0 Å². The molecule has 2 aliphatic heterocycles. The largest absolute Gasteiger partial charge is 0.326 e. The quantitative estimate of drug-likeness (QED) is 0.918. The molecule has 2 heterocycles. The fraction of sp³-hybridized carbons (Fsp3) is 0.350. The van der Waals surface area contributed by atoms with Gasteiger partial charge in [-0.15, -0.1) is 0 Å². The molecule has 0 aliphatic carbocycles. The molecule has 1 amide bonds. The van der Waals surface area contributed by atoms with E-state index in [0.29, 0.717) is 6.42 Å². The van der Waals surface area contributed by atoms with Crippen molar-refractivity contribution in [3.8, 4) is 11.1 Å². The molecule has 130 valence electrons. The van der Waals surface area contributed by atoms with Crippen LogP contribution in [0, 0.1) is 0 Å². The Balaban J connectivity index is 1.66. The fourth-order valence-corrected chi connectivity index (χ4v) is 3.96. The first-order valence-corrected chi connectivity index (χ1v) is 9.09. The van der Waals surface area contributed by atoms with Crippen molar-refractivity contribution in [2.75, 3.05) is 38.5 Å². The molecule has 4 nitrogen and oxygen atoms in total. The Labute approximate surface area is 153 Å². The average Bonchev–Trinajstić information content (AvgIpc) is 2.96. The van der Waals surface area contributed by atoms with Crippen LogP contribution in [0.1, 0.15) is 11.1 Å². The smallest absolute Gasteiger partial charge is 0.228 e. The van der Waals surface area contributed by atoms with Crippen molar-refractivity contribution < 1.29 is 4.79 Å². The van der Waals surface area contributed by atoms with Crippen LogP contribution in [0.15, 0.2) is 36.4 Å². The van der Waals surface area contributed by atoms with E-state index in [1.807, 2.05) is 18.2 Å². The monoisotopic (exact) mass is 355 g/mol. The van der Waals surface area contributed by atoms with Crippen LogP contribution >= 0.6 is 11.6 Å². The number of anilines is 1. The highest BCUT2D eigenvalue weighted by molar-refractivity contribution is 6.33. The topological polar surface area (TPSA) is 35.6 Å². The highest BCUT2D eigenvalue weighted by Gasteiger charge is 2.20. The van der Waals surface area contributed by atoms with Crippen LogP contribution in [-0.2, 0) is 17.8 Å².